The SMILES string of the molecule is O=c1[nH]c(N2CCCC2)c(-c2ccccc2)c(=O)[nH]1. The van der Waals surface area contributed by atoms with Crippen LogP contribution in [0.4, 0.5) is 5.82 Å². The molecule has 0 saturated carbocycles. The molecule has 5 heteroatoms. The van der Waals surface area contributed by atoms with E-state index < -0.39 is 5.69 Å². The van der Waals surface area contributed by atoms with Crippen LogP contribution in [0.2, 0.25) is 0 Å². The average Bonchev–Trinajstić information content (AvgIpc) is 2.92. The Bertz CT molecular complexity index is 682. The van der Waals surface area contributed by atoms with E-state index in [0.717, 1.165) is 31.5 Å². The zero-order valence-corrected chi connectivity index (χ0v) is 10.5. The molecule has 0 aliphatic carbocycles. The molecule has 0 radical (unpaired) electrons. The number of nitrogens with zero attached hydrogens (tertiary/aromatic N) is 1. The van der Waals surface area contributed by atoms with Crippen molar-refractivity contribution in [2.24, 2.45) is 0 Å². The molecule has 19 heavy (non-hydrogen) atoms. The molecule has 3 rings (SSSR count). The standard InChI is InChI=1S/C14H15N3O2/c18-13-11(10-6-2-1-3-7-10)12(15-14(19)16-13)17-8-4-5-9-17/h1-3,6-7H,4-5,8-9H2,(H2,15,16,18,19). The van der Waals surface area contributed by atoms with Gasteiger partial charge in [-0.3, -0.25) is 14.8 Å². The van der Waals surface area contributed by atoms with Gasteiger partial charge in [-0.25, -0.2) is 4.79 Å². The highest BCUT2D eigenvalue weighted by molar-refractivity contribution is 5.74. The van der Waals surface area contributed by atoms with Crippen molar-refractivity contribution in [3.8, 4) is 11.1 Å². The van der Waals surface area contributed by atoms with Crippen molar-refractivity contribution < 1.29 is 0 Å². The van der Waals surface area contributed by atoms with Crippen LogP contribution < -0.4 is 16.1 Å². The van der Waals surface area contributed by atoms with Crippen molar-refractivity contribution in [3.05, 3.63) is 51.2 Å². The summed E-state index contributed by atoms with van der Waals surface area (Å²) in [6.45, 7) is 1.75. The molecule has 0 unspecified atom stereocenters. The minimum absolute atomic E-state index is 0.336. The molecule has 1 aromatic carbocycles. The van der Waals surface area contributed by atoms with Crippen LogP contribution in [0.1, 0.15) is 12.8 Å². The highest BCUT2D eigenvalue weighted by Gasteiger charge is 2.20. The van der Waals surface area contributed by atoms with Gasteiger partial charge in [0, 0.05) is 13.1 Å². The fourth-order valence-electron chi connectivity index (χ4n) is 2.52. The minimum atomic E-state index is -0.452. The lowest BCUT2D eigenvalue weighted by Gasteiger charge is -2.19. The van der Waals surface area contributed by atoms with E-state index in [4.69, 9.17) is 0 Å². The van der Waals surface area contributed by atoms with Crippen molar-refractivity contribution in [1.82, 2.24) is 9.97 Å². The van der Waals surface area contributed by atoms with E-state index in [0.29, 0.717) is 11.4 Å². The van der Waals surface area contributed by atoms with Gasteiger partial charge in [0.1, 0.15) is 5.82 Å². The van der Waals surface area contributed by atoms with Gasteiger partial charge in [0.25, 0.3) is 5.56 Å². The summed E-state index contributed by atoms with van der Waals surface area (Å²) in [5.41, 5.74) is 0.576. The largest absolute Gasteiger partial charge is 0.357 e. The molecule has 2 N–H and O–H groups in total. The van der Waals surface area contributed by atoms with Gasteiger partial charge >= 0.3 is 5.69 Å². The number of nitrogens with one attached hydrogen (secondary N) is 2. The Kier molecular flexibility index (Phi) is 2.95. The third kappa shape index (κ3) is 2.19. The Morgan fingerprint density at radius 1 is 0.947 bits per heavy atom. The number of aromatic amines is 2. The molecule has 2 aromatic rings. The van der Waals surface area contributed by atoms with Crippen molar-refractivity contribution in [2.75, 3.05) is 18.0 Å². The molecule has 0 amide bonds. The normalized spacial score (nSPS) is 14.8. The zero-order chi connectivity index (χ0) is 13.2. The van der Waals surface area contributed by atoms with Gasteiger partial charge in [0.05, 0.1) is 5.56 Å². The van der Waals surface area contributed by atoms with E-state index in [-0.39, 0.29) is 5.56 Å². The summed E-state index contributed by atoms with van der Waals surface area (Å²) >= 11 is 0. The first kappa shape index (κ1) is 11.8. The van der Waals surface area contributed by atoms with E-state index in [1.165, 1.54) is 0 Å². The molecule has 98 valence electrons. The summed E-state index contributed by atoms with van der Waals surface area (Å²) < 4.78 is 0. The monoisotopic (exact) mass is 257 g/mol. The van der Waals surface area contributed by atoms with Crippen LogP contribution in [0.5, 0.6) is 0 Å². The zero-order valence-electron chi connectivity index (χ0n) is 10.5. The Morgan fingerprint density at radius 2 is 1.63 bits per heavy atom. The Morgan fingerprint density at radius 3 is 2.32 bits per heavy atom. The number of rotatable bonds is 2. The fourth-order valence-corrected chi connectivity index (χ4v) is 2.52. The van der Waals surface area contributed by atoms with Crippen LogP contribution >= 0.6 is 0 Å². The van der Waals surface area contributed by atoms with Gasteiger partial charge in [0.15, 0.2) is 0 Å². The van der Waals surface area contributed by atoms with Gasteiger partial charge in [-0.1, -0.05) is 30.3 Å². The van der Waals surface area contributed by atoms with E-state index in [1.54, 1.807) is 0 Å². The Balaban J connectivity index is 2.22. The lowest BCUT2D eigenvalue weighted by atomic mass is 10.1. The molecule has 1 fully saturated rings. The first-order valence-corrected chi connectivity index (χ1v) is 6.42. The Labute approximate surface area is 109 Å². The number of hydrogen-bond acceptors (Lipinski definition) is 3. The third-order valence-electron chi connectivity index (χ3n) is 3.41. The summed E-state index contributed by atoms with van der Waals surface area (Å²) in [4.78, 5) is 30.8. The number of anilines is 1. The maximum absolute atomic E-state index is 12.1. The molecular weight excluding hydrogens is 242 g/mol. The number of H-pyrrole nitrogens is 2. The number of aromatic nitrogens is 2. The molecule has 2 heterocycles. The van der Waals surface area contributed by atoms with Crippen LogP contribution in [0.15, 0.2) is 39.9 Å². The first-order chi connectivity index (χ1) is 9.25. The van der Waals surface area contributed by atoms with E-state index >= 15 is 0 Å². The average molecular weight is 257 g/mol. The topological polar surface area (TPSA) is 69.0 Å². The molecule has 0 spiro atoms. The summed E-state index contributed by atoms with van der Waals surface area (Å²) in [5, 5.41) is 0. The van der Waals surface area contributed by atoms with Crippen LogP contribution in [0.25, 0.3) is 11.1 Å². The van der Waals surface area contributed by atoms with Gasteiger partial charge in [-0.05, 0) is 18.4 Å². The highest BCUT2D eigenvalue weighted by Crippen LogP contribution is 2.26. The minimum Gasteiger partial charge on any atom is -0.357 e. The quantitative estimate of drug-likeness (QED) is 0.852. The summed E-state index contributed by atoms with van der Waals surface area (Å²) in [6.07, 6.45) is 2.17. The van der Waals surface area contributed by atoms with E-state index in [9.17, 15) is 9.59 Å². The van der Waals surface area contributed by atoms with Crippen LogP contribution in [0, 0.1) is 0 Å². The second-order valence-electron chi connectivity index (χ2n) is 4.69. The lowest BCUT2D eigenvalue weighted by Crippen LogP contribution is -2.30. The van der Waals surface area contributed by atoms with Gasteiger partial charge in [-0.2, -0.15) is 0 Å². The lowest BCUT2D eigenvalue weighted by molar-refractivity contribution is 0.906. The van der Waals surface area contributed by atoms with Gasteiger partial charge < -0.3 is 4.90 Å². The molecule has 1 saturated heterocycles. The molecule has 1 aliphatic heterocycles. The van der Waals surface area contributed by atoms with E-state index in [1.807, 2.05) is 30.3 Å². The van der Waals surface area contributed by atoms with Crippen molar-refractivity contribution in [3.63, 3.8) is 0 Å². The van der Waals surface area contributed by atoms with Crippen LogP contribution in [-0.2, 0) is 0 Å². The van der Waals surface area contributed by atoms with Crippen molar-refractivity contribution >= 4 is 5.82 Å². The molecule has 1 aliphatic rings. The van der Waals surface area contributed by atoms with Crippen LogP contribution in [0.3, 0.4) is 0 Å². The molecule has 0 atom stereocenters. The smallest absolute Gasteiger partial charge is 0.327 e. The second-order valence-corrected chi connectivity index (χ2v) is 4.69. The van der Waals surface area contributed by atoms with E-state index in [2.05, 4.69) is 14.9 Å². The Hall–Kier alpha value is -2.30. The maximum atomic E-state index is 12.1. The molecular formula is C14H15N3O2. The molecule has 0 bridgehead atoms. The second kappa shape index (κ2) is 4.76. The highest BCUT2D eigenvalue weighted by atomic mass is 16.2. The third-order valence-corrected chi connectivity index (χ3v) is 3.41. The summed E-state index contributed by atoms with van der Waals surface area (Å²) in [6, 6.07) is 9.42. The van der Waals surface area contributed by atoms with Crippen molar-refractivity contribution in [2.45, 2.75) is 12.8 Å². The van der Waals surface area contributed by atoms with Gasteiger partial charge in [-0.15, -0.1) is 0 Å². The predicted molar refractivity (Wildman–Crippen MR) is 74.6 cm³/mol. The molecule has 5 nitrogen and oxygen atoms in total. The van der Waals surface area contributed by atoms with Crippen LogP contribution in [-0.4, -0.2) is 23.1 Å². The predicted octanol–water partition coefficient (Wildman–Crippen LogP) is 1.33. The maximum Gasteiger partial charge on any atom is 0.327 e. The molecule has 1 aromatic heterocycles. The summed E-state index contributed by atoms with van der Waals surface area (Å²) in [5.74, 6) is 0.637. The number of benzene rings is 1. The fraction of sp³-hybridized carbons (Fsp3) is 0.286. The van der Waals surface area contributed by atoms with Crippen molar-refractivity contribution in [1.29, 1.82) is 0 Å². The van der Waals surface area contributed by atoms with Gasteiger partial charge in [0.2, 0.25) is 0 Å². The summed E-state index contributed by atoms with van der Waals surface area (Å²) in [7, 11) is 0. The first-order valence-electron chi connectivity index (χ1n) is 6.42. The number of hydrogen-bond donors (Lipinski definition) is 2.